The van der Waals surface area contributed by atoms with E-state index in [1.807, 2.05) is 24.0 Å². The van der Waals surface area contributed by atoms with E-state index in [0.717, 1.165) is 38.2 Å². The molecule has 1 atom stereocenters. The van der Waals surface area contributed by atoms with Gasteiger partial charge in [0.05, 0.1) is 23.9 Å². The summed E-state index contributed by atoms with van der Waals surface area (Å²) >= 11 is 0. The van der Waals surface area contributed by atoms with Crippen LogP contribution in [0.2, 0.25) is 0 Å². The summed E-state index contributed by atoms with van der Waals surface area (Å²) in [7, 11) is 1.99. The van der Waals surface area contributed by atoms with Crippen molar-refractivity contribution in [1.82, 2.24) is 24.6 Å². The molecule has 2 aromatic heterocycles. The number of aromatic amines is 1. The van der Waals surface area contributed by atoms with Crippen LogP contribution in [0.4, 0.5) is 0 Å². The average Bonchev–Trinajstić information content (AvgIpc) is 3.03. The minimum atomic E-state index is -0.0780. The predicted molar refractivity (Wildman–Crippen MR) is 101 cm³/mol. The van der Waals surface area contributed by atoms with E-state index in [4.69, 9.17) is 0 Å². The van der Waals surface area contributed by atoms with E-state index < -0.39 is 0 Å². The summed E-state index contributed by atoms with van der Waals surface area (Å²) in [4.78, 5) is 21.0. The fourth-order valence-corrected chi connectivity index (χ4v) is 3.86. The molecule has 1 N–H and O–H groups in total. The number of aromatic nitrogens is 4. The molecule has 1 fully saturated rings. The molecular weight excluding hydrogens is 326 g/mol. The SMILES string of the molecule is Cn1ncc(CN2CCCC(c3cc(=O)[nH]cn3)C2)c1-c1ccccc1. The van der Waals surface area contributed by atoms with Crippen LogP contribution in [-0.4, -0.2) is 37.7 Å². The molecule has 0 aliphatic carbocycles. The van der Waals surface area contributed by atoms with E-state index >= 15 is 0 Å². The van der Waals surface area contributed by atoms with Crippen molar-refractivity contribution in [3.63, 3.8) is 0 Å². The molecule has 0 saturated carbocycles. The van der Waals surface area contributed by atoms with Gasteiger partial charge >= 0.3 is 0 Å². The Morgan fingerprint density at radius 3 is 2.92 bits per heavy atom. The number of hydrogen-bond acceptors (Lipinski definition) is 4. The second kappa shape index (κ2) is 7.25. The normalized spacial score (nSPS) is 18.1. The van der Waals surface area contributed by atoms with Crippen LogP contribution in [0, 0.1) is 0 Å². The molecule has 1 aliphatic rings. The van der Waals surface area contributed by atoms with Crippen LogP contribution in [0.3, 0.4) is 0 Å². The van der Waals surface area contributed by atoms with Crippen LogP contribution in [0.5, 0.6) is 0 Å². The molecule has 0 radical (unpaired) electrons. The van der Waals surface area contributed by atoms with E-state index in [2.05, 4.69) is 44.2 Å². The molecule has 134 valence electrons. The summed E-state index contributed by atoms with van der Waals surface area (Å²) in [6, 6.07) is 12.0. The summed E-state index contributed by atoms with van der Waals surface area (Å²) in [5.41, 5.74) is 4.41. The Bertz CT molecular complexity index is 931. The van der Waals surface area contributed by atoms with Crippen molar-refractivity contribution in [3.05, 3.63) is 70.5 Å². The molecule has 6 heteroatoms. The van der Waals surface area contributed by atoms with Crippen molar-refractivity contribution < 1.29 is 0 Å². The van der Waals surface area contributed by atoms with Crippen LogP contribution in [0.1, 0.15) is 30.0 Å². The zero-order valence-electron chi connectivity index (χ0n) is 14.9. The van der Waals surface area contributed by atoms with E-state index in [9.17, 15) is 4.79 Å². The molecule has 1 aliphatic heterocycles. The molecule has 3 aromatic rings. The van der Waals surface area contributed by atoms with E-state index in [1.165, 1.54) is 23.1 Å². The first kappa shape index (κ1) is 16.7. The fourth-order valence-electron chi connectivity index (χ4n) is 3.86. The standard InChI is InChI=1S/C20H23N5O/c1-24-20(15-6-3-2-4-7-15)17(11-23-24)13-25-9-5-8-16(12-25)18-10-19(26)22-14-21-18/h2-4,6-7,10-11,14,16H,5,8-9,12-13H2,1H3,(H,21,22,26). The van der Waals surface area contributed by atoms with Gasteiger partial charge in [-0.3, -0.25) is 14.4 Å². The molecule has 0 spiro atoms. The van der Waals surface area contributed by atoms with Gasteiger partial charge in [0, 0.05) is 43.2 Å². The Kier molecular flexibility index (Phi) is 4.67. The highest BCUT2D eigenvalue weighted by Gasteiger charge is 2.24. The number of nitrogens with one attached hydrogen (secondary N) is 1. The molecule has 0 bridgehead atoms. The molecule has 3 heterocycles. The number of hydrogen-bond donors (Lipinski definition) is 1. The van der Waals surface area contributed by atoms with E-state index in [0.29, 0.717) is 5.92 Å². The molecule has 4 rings (SSSR count). The lowest BCUT2D eigenvalue weighted by molar-refractivity contribution is 0.198. The first-order chi connectivity index (χ1) is 12.7. The number of likely N-dealkylation sites (tertiary alicyclic amines) is 1. The number of H-pyrrole nitrogens is 1. The molecule has 1 unspecified atom stereocenters. The van der Waals surface area contributed by atoms with Gasteiger partial charge in [-0.2, -0.15) is 5.10 Å². The molecule has 1 saturated heterocycles. The Morgan fingerprint density at radius 1 is 1.27 bits per heavy atom. The first-order valence-electron chi connectivity index (χ1n) is 9.04. The van der Waals surface area contributed by atoms with Gasteiger partial charge in [-0.05, 0) is 19.4 Å². The number of aryl methyl sites for hydroxylation is 1. The third-order valence-corrected chi connectivity index (χ3v) is 5.08. The predicted octanol–water partition coefficient (Wildman–Crippen LogP) is 2.55. The lowest BCUT2D eigenvalue weighted by Crippen LogP contribution is -2.34. The van der Waals surface area contributed by atoms with Gasteiger partial charge in [0.2, 0.25) is 0 Å². The number of benzene rings is 1. The minimum Gasteiger partial charge on any atom is -0.313 e. The Labute approximate surface area is 152 Å². The van der Waals surface area contributed by atoms with E-state index in [-0.39, 0.29) is 5.56 Å². The summed E-state index contributed by atoms with van der Waals surface area (Å²) in [6.45, 7) is 2.83. The smallest absolute Gasteiger partial charge is 0.250 e. The Morgan fingerprint density at radius 2 is 2.12 bits per heavy atom. The van der Waals surface area contributed by atoms with Gasteiger partial charge in [0.25, 0.3) is 5.56 Å². The molecule has 6 nitrogen and oxygen atoms in total. The first-order valence-corrected chi connectivity index (χ1v) is 9.04. The molecule has 1 aromatic carbocycles. The highest BCUT2D eigenvalue weighted by atomic mass is 16.1. The maximum atomic E-state index is 11.6. The molecular formula is C20H23N5O. The third-order valence-electron chi connectivity index (χ3n) is 5.08. The lowest BCUT2D eigenvalue weighted by Gasteiger charge is -2.32. The summed E-state index contributed by atoms with van der Waals surface area (Å²) in [5.74, 6) is 0.308. The number of nitrogens with zero attached hydrogens (tertiary/aromatic N) is 4. The lowest BCUT2D eigenvalue weighted by atomic mass is 9.94. The highest BCUT2D eigenvalue weighted by Crippen LogP contribution is 2.28. The van der Waals surface area contributed by atoms with Gasteiger partial charge in [-0.25, -0.2) is 4.98 Å². The zero-order chi connectivity index (χ0) is 17.9. The van der Waals surface area contributed by atoms with Crippen molar-refractivity contribution in [2.45, 2.75) is 25.3 Å². The highest BCUT2D eigenvalue weighted by molar-refractivity contribution is 5.63. The molecule has 0 amide bonds. The monoisotopic (exact) mass is 349 g/mol. The van der Waals surface area contributed by atoms with Crippen LogP contribution in [-0.2, 0) is 13.6 Å². The van der Waals surface area contributed by atoms with Crippen molar-refractivity contribution in [2.75, 3.05) is 13.1 Å². The van der Waals surface area contributed by atoms with Crippen LogP contribution in [0.25, 0.3) is 11.3 Å². The maximum Gasteiger partial charge on any atom is 0.250 e. The number of piperidine rings is 1. The van der Waals surface area contributed by atoms with Gasteiger partial charge in [0.15, 0.2) is 0 Å². The zero-order valence-corrected chi connectivity index (χ0v) is 14.9. The van der Waals surface area contributed by atoms with Gasteiger partial charge < -0.3 is 4.98 Å². The average molecular weight is 349 g/mol. The fraction of sp³-hybridized carbons (Fsp3) is 0.350. The summed E-state index contributed by atoms with van der Waals surface area (Å²) in [6.07, 6.45) is 5.66. The quantitative estimate of drug-likeness (QED) is 0.786. The topological polar surface area (TPSA) is 66.8 Å². The van der Waals surface area contributed by atoms with Crippen LogP contribution >= 0.6 is 0 Å². The third kappa shape index (κ3) is 3.46. The molecule has 26 heavy (non-hydrogen) atoms. The van der Waals surface area contributed by atoms with Crippen molar-refractivity contribution in [2.24, 2.45) is 7.05 Å². The minimum absolute atomic E-state index is 0.0780. The second-order valence-corrected chi connectivity index (χ2v) is 6.92. The van der Waals surface area contributed by atoms with E-state index in [1.54, 1.807) is 6.07 Å². The van der Waals surface area contributed by atoms with Gasteiger partial charge in [-0.1, -0.05) is 30.3 Å². The van der Waals surface area contributed by atoms with Crippen LogP contribution in [0.15, 0.2) is 53.7 Å². The van der Waals surface area contributed by atoms with Crippen molar-refractivity contribution in [3.8, 4) is 11.3 Å². The number of rotatable bonds is 4. The van der Waals surface area contributed by atoms with Crippen molar-refractivity contribution >= 4 is 0 Å². The maximum absolute atomic E-state index is 11.6. The largest absolute Gasteiger partial charge is 0.313 e. The van der Waals surface area contributed by atoms with Gasteiger partial charge in [-0.15, -0.1) is 0 Å². The Hall–Kier alpha value is -2.73. The Balaban J connectivity index is 1.54. The van der Waals surface area contributed by atoms with Crippen LogP contribution < -0.4 is 5.56 Å². The second-order valence-electron chi connectivity index (χ2n) is 6.92. The van der Waals surface area contributed by atoms with Crippen molar-refractivity contribution in [1.29, 1.82) is 0 Å². The van der Waals surface area contributed by atoms with Gasteiger partial charge in [0.1, 0.15) is 0 Å². The summed E-state index contributed by atoms with van der Waals surface area (Å²) < 4.78 is 1.95. The summed E-state index contributed by atoms with van der Waals surface area (Å²) in [5, 5.41) is 4.48.